The fourth-order valence-corrected chi connectivity index (χ4v) is 3.16. The number of amides is 1. The van der Waals surface area contributed by atoms with Gasteiger partial charge >= 0.3 is 5.97 Å². The Kier molecular flexibility index (Phi) is 5.01. The fourth-order valence-electron chi connectivity index (χ4n) is 2.15. The molecule has 1 aromatic rings. The number of carboxylic acids is 1. The number of hydrogen-bond donors (Lipinski definition) is 1. The lowest BCUT2D eigenvalue weighted by Gasteiger charge is -2.30. The molecular weight excluding hydrogens is 293 g/mol. The molecule has 1 aliphatic heterocycles. The molecule has 1 amide bonds. The molecule has 21 heavy (non-hydrogen) atoms. The van der Waals surface area contributed by atoms with E-state index in [0.717, 1.165) is 11.8 Å². The molecule has 6 heteroatoms. The number of halogens is 1. The lowest BCUT2D eigenvalue weighted by molar-refractivity contribution is -0.131. The largest absolute Gasteiger partial charge is 0.478 e. The third-order valence-corrected chi connectivity index (χ3v) is 4.31. The van der Waals surface area contributed by atoms with Gasteiger partial charge in [-0.2, -0.15) is 11.8 Å². The Morgan fingerprint density at radius 3 is 2.86 bits per heavy atom. The van der Waals surface area contributed by atoms with Crippen molar-refractivity contribution in [3.63, 3.8) is 0 Å². The number of carbonyl (C=O) groups excluding carboxylic acids is 1. The minimum atomic E-state index is -1.10. The summed E-state index contributed by atoms with van der Waals surface area (Å²) in [6.45, 7) is 3.28. The van der Waals surface area contributed by atoms with Gasteiger partial charge in [-0.3, -0.25) is 4.79 Å². The topological polar surface area (TPSA) is 57.6 Å². The molecule has 0 aromatic heterocycles. The number of thioether (sulfide) groups is 1. The van der Waals surface area contributed by atoms with Crippen LogP contribution in [-0.4, -0.2) is 46.0 Å². The summed E-state index contributed by atoms with van der Waals surface area (Å²) in [7, 11) is 0. The monoisotopic (exact) mass is 309 g/mol. The zero-order valence-corrected chi connectivity index (χ0v) is 12.4. The summed E-state index contributed by atoms with van der Waals surface area (Å²) in [6, 6.07) is 4.12. The van der Waals surface area contributed by atoms with Gasteiger partial charge in [0.15, 0.2) is 0 Å². The second-order valence-electron chi connectivity index (χ2n) is 4.84. The number of nitrogens with zero attached hydrogens (tertiary/aromatic N) is 1. The first-order chi connectivity index (χ1) is 9.97. The lowest BCUT2D eigenvalue weighted by Crippen LogP contribution is -2.41. The van der Waals surface area contributed by atoms with Crippen molar-refractivity contribution in [2.45, 2.75) is 12.2 Å². The van der Waals surface area contributed by atoms with E-state index in [0.29, 0.717) is 23.9 Å². The van der Waals surface area contributed by atoms with Gasteiger partial charge in [0.2, 0.25) is 0 Å². The molecule has 0 spiro atoms. The first-order valence-electron chi connectivity index (χ1n) is 6.59. The normalized spacial score (nSPS) is 19.0. The van der Waals surface area contributed by atoms with E-state index in [2.05, 4.69) is 0 Å². The van der Waals surface area contributed by atoms with Crippen LogP contribution in [0.4, 0.5) is 4.39 Å². The van der Waals surface area contributed by atoms with Crippen LogP contribution < -0.4 is 0 Å². The van der Waals surface area contributed by atoms with Crippen LogP contribution in [0, 0.1) is 5.82 Å². The van der Waals surface area contributed by atoms with Crippen molar-refractivity contribution in [1.82, 2.24) is 4.90 Å². The second-order valence-corrected chi connectivity index (χ2v) is 6.39. The van der Waals surface area contributed by atoms with Gasteiger partial charge in [0.25, 0.3) is 5.91 Å². The predicted octanol–water partition coefficient (Wildman–Crippen LogP) is 2.50. The molecule has 0 radical (unpaired) electrons. The highest BCUT2D eigenvalue weighted by atomic mass is 32.2. The van der Waals surface area contributed by atoms with Gasteiger partial charge in [0.05, 0.1) is 5.56 Å². The Hall–Kier alpha value is -1.82. The van der Waals surface area contributed by atoms with Crippen molar-refractivity contribution in [2.75, 3.05) is 18.8 Å². The van der Waals surface area contributed by atoms with E-state index < -0.39 is 11.8 Å². The van der Waals surface area contributed by atoms with Crippen LogP contribution in [0.1, 0.15) is 22.8 Å². The van der Waals surface area contributed by atoms with Crippen LogP contribution in [0.15, 0.2) is 24.3 Å². The van der Waals surface area contributed by atoms with Gasteiger partial charge in [0, 0.05) is 30.2 Å². The highest BCUT2D eigenvalue weighted by molar-refractivity contribution is 7.99. The van der Waals surface area contributed by atoms with Crippen LogP contribution in [0.5, 0.6) is 0 Å². The van der Waals surface area contributed by atoms with Crippen molar-refractivity contribution < 1.29 is 19.1 Å². The molecule has 1 atom stereocenters. The number of carbonyl (C=O) groups is 2. The summed E-state index contributed by atoms with van der Waals surface area (Å²) in [4.78, 5) is 24.4. The van der Waals surface area contributed by atoms with Crippen LogP contribution in [0.25, 0.3) is 6.08 Å². The minimum absolute atomic E-state index is 0.0292. The molecule has 4 nitrogen and oxygen atoms in total. The predicted molar refractivity (Wildman–Crippen MR) is 80.9 cm³/mol. The zero-order valence-electron chi connectivity index (χ0n) is 11.6. The molecule has 1 unspecified atom stereocenters. The summed E-state index contributed by atoms with van der Waals surface area (Å²) in [5.74, 6) is -1.18. The van der Waals surface area contributed by atoms with Crippen LogP contribution >= 0.6 is 11.8 Å². The van der Waals surface area contributed by atoms with E-state index >= 15 is 0 Å². The van der Waals surface area contributed by atoms with E-state index in [-0.39, 0.29) is 11.5 Å². The molecule has 1 heterocycles. The molecule has 0 aliphatic carbocycles. The third kappa shape index (κ3) is 4.07. The lowest BCUT2D eigenvalue weighted by atomic mass is 10.1. The Morgan fingerprint density at radius 1 is 1.48 bits per heavy atom. The Balaban J connectivity index is 2.16. The Labute approximate surface area is 126 Å². The number of aliphatic carboxylic acids is 1. The van der Waals surface area contributed by atoms with Gasteiger partial charge in [-0.25, -0.2) is 9.18 Å². The molecule has 1 aliphatic rings. The fraction of sp³-hybridized carbons (Fsp3) is 0.333. The quantitative estimate of drug-likeness (QED) is 0.872. The van der Waals surface area contributed by atoms with Gasteiger partial charge in [-0.1, -0.05) is 13.0 Å². The highest BCUT2D eigenvalue weighted by Gasteiger charge is 2.24. The summed E-state index contributed by atoms with van der Waals surface area (Å²) in [5, 5.41) is 8.89. The van der Waals surface area contributed by atoms with E-state index in [1.54, 1.807) is 16.7 Å². The van der Waals surface area contributed by atoms with E-state index in [4.69, 9.17) is 5.11 Å². The molecule has 1 fully saturated rings. The van der Waals surface area contributed by atoms with Gasteiger partial charge < -0.3 is 10.0 Å². The molecule has 1 N–H and O–H groups in total. The van der Waals surface area contributed by atoms with E-state index in [1.807, 2.05) is 6.92 Å². The van der Waals surface area contributed by atoms with E-state index in [1.165, 1.54) is 24.3 Å². The van der Waals surface area contributed by atoms with Gasteiger partial charge in [0.1, 0.15) is 5.82 Å². The maximum atomic E-state index is 14.0. The summed E-state index contributed by atoms with van der Waals surface area (Å²) in [6.07, 6.45) is 2.22. The van der Waals surface area contributed by atoms with Crippen molar-refractivity contribution >= 4 is 29.7 Å². The maximum Gasteiger partial charge on any atom is 0.328 e. The number of benzene rings is 1. The molecular formula is C15H16FNO3S. The first-order valence-corrected chi connectivity index (χ1v) is 7.63. The van der Waals surface area contributed by atoms with Crippen molar-refractivity contribution in [2.24, 2.45) is 0 Å². The molecule has 1 aromatic carbocycles. The summed E-state index contributed by atoms with van der Waals surface area (Å²) < 4.78 is 14.0. The van der Waals surface area contributed by atoms with Gasteiger partial charge in [-0.15, -0.1) is 0 Å². The average molecular weight is 309 g/mol. The van der Waals surface area contributed by atoms with Crippen LogP contribution in [0.3, 0.4) is 0 Å². The van der Waals surface area contributed by atoms with Crippen LogP contribution in [-0.2, 0) is 4.79 Å². The SMILES string of the molecule is CC1CN(C(=O)c2ccc(/C=C/C(=O)O)cc2F)CCS1. The van der Waals surface area contributed by atoms with Crippen molar-refractivity contribution in [3.8, 4) is 0 Å². The number of carboxylic acid groups (broad SMARTS) is 1. The van der Waals surface area contributed by atoms with Crippen molar-refractivity contribution in [1.29, 1.82) is 0 Å². The summed E-state index contributed by atoms with van der Waals surface area (Å²) >= 11 is 1.80. The summed E-state index contributed by atoms with van der Waals surface area (Å²) in [5.41, 5.74) is 0.440. The second kappa shape index (κ2) is 6.76. The zero-order chi connectivity index (χ0) is 15.4. The van der Waals surface area contributed by atoms with Gasteiger partial charge in [-0.05, 0) is 23.8 Å². The average Bonchev–Trinajstić information content (AvgIpc) is 2.44. The maximum absolute atomic E-state index is 14.0. The number of rotatable bonds is 3. The van der Waals surface area contributed by atoms with E-state index in [9.17, 15) is 14.0 Å². The molecule has 1 saturated heterocycles. The highest BCUT2D eigenvalue weighted by Crippen LogP contribution is 2.21. The standard InChI is InChI=1S/C15H16FNO3S/c1-10-9-17(6-7-21-10)15(20)12-4-2-11(8-13(12)16)3-5-14(18)19/h2-5,8,10H,6-7,9H2,1H3,(H,18,19)/b5-3+. The molecule has 0 bridgehead atoms. The smallest absolute Gasteiger partial charge is 0.328 e. The Morgan fingerprint density at radius 2 is 2.24 bits per heavy atom. The van der Waals surface area contributed by atoms with Crippen molar-refractivity contribution in [3.05, 3.63) is 41.2 Å². The number of hydrogen-bond acceptors (Lipinski definition) is 3. The van der Waals surface area contributed by atoms with Crippen LogP contribution in [0.2, 0.25) is 0 Å². The Bertz CT molecular complexity index is 588. The first kappa shape index (κ1) is 15.6. The molecule has 2 rings (SSSR count). The molecule has 112 valence electrons. The molecule has 0 saturated carbocycles. The third-order valence-electron chi connectivity index (χ3n) is 3.17. The minimum Gasteiger partial charge on any atom is -0.478 e.